The van der Waals surface area contributed by atoms with Crippen LogP contribution in [0.1, 0.15) is 15.5 Å². The van der Waals surface area contributed by atoms with E-state index in [9.17, 15) is 13.2 Å². The summed E-state index contributed by atoms with van der Waals surface area (Å²) in [6.07, 6.45) is 1.22. The molecule has 0 spiro atoms. The van der Waals surface area contributed by atoms with Gasteiger partial charge < -0.3 is 9.67 Å². The first-order chi connectivity index (χ1) is 8.79. The molecule has 0 saturated heterocycles. The maximum Gasteiger partial charge on any atom is 0.352 e. The van der Waals surface area contributed by atoms with Crippen LogP contribution >= 0.6 is 11.3 Å². The second-order valence-electron chi connectivity index (χ2n) is 3.71. The molecule has 2 rings (SSSR count). The fourth-order valence-corrected chi connectivity index (χ4v) is 3.30. The number of aromatic nitrogens is 3. The summed E-state index contributed by atoms with van der Waals surface area (Å²) in [4.78, 5) is 10.7. The molecule has 0 aliphatic carbocycles. The van der Waals surface area contributed by atoms with E-state index in [1.54, 1.807) is 6.92 Å². The van der Waals surface area contributed by atoms with Crippen LogP contribution in [0.3, 0.4) is 0 Å². The first-order valence-electron chi connectivity index (χ1n) is 5.02. The van der Waals surface area contributed by atoms with Gasteiger partial charge in [0.1, 0.15) is 15.6 Å². The Hall–Kier alpha value is -1.94. The number of nitrogens with zero attached hydrogens (tertiary/aromatic N) is 3. The van der Waals surface area contributed by atoms with Crippen molar-refractivity contribution >= 4 is 32.5 Å². The van der Waals surface area contributed by atoms with E-state index >= 15 is 0 Å². The van der Waals surface area contributed by atoms with Crippen LogP contribution < -0.4 is 4.72 Å². The smallest absolute Gasteiger partial charge is 0.352 e. The average molecular weight is 302 g/mol. The van der Waals surface area contributed by atoms with Crippen molar-refractivity contribution in [3.8, 4) is 0 Å². The second-order valence-corrected chi connectivity index (χ2v) is 6.57. The van der Waals surface area contributed by atoms with Crippen LogP contribution in [-0.2, 0) is 17.1 Å². The minimum absolute atomic E-state index is 0.117. The highest BCUT2D eigenvalue weighted by Gasteiger charge is 2.21. The van der Waals surface area contributed by atoms with Crippen LogP contribution in [0, 0.1) is 6.92 Å². The molecule has 102 valence electrons. The molecule has 2 aromatic heterocycles. The molecule has 8 nitrogen and oxygen atoms in total. The standard InChI is InChI=1S/C9H10N4O4S2/c1-5-10-11-9(18-5)12-19(16,17)6-3-7(8(14)15)13(2)4-6/h3-4H,1-2H3,(H,11,12)(H,14,15). The van der Waals surface area contributed by atoms with Crippen LogP contribution in [0.15, 0.2) is 17.2 Å². The van der Waals surface area contributed by atoms with Crippen LogP contribution in [0.4, 0.5) is 5.13 Å². The Kier molecular flexibility index (Phi) is 3.28. The fourth-order valence-electron chi connectivity index (χ4n) is 1.41. The number of carboxylic acids is 1. The van der Waals surface area contributed by atoms with Crippen LogP contribution in [0.5, 0.6) is 0 Å². The predicted molar refractivity (Wildman–Crippen MR) is 67.8 cm³/mol. The maximum atomic E-state index is 12.0. The first-order valence-corrected chi connectivity index (χ1v) is 7.32. The Bertz CT molecular complexity index is 731. The molecule has 0 radical (unpaired) electrons. The van der Waals surface area contributed by atoms with Crippen LogP contribution in [0.25, 0.3) is 0 Å². The number of aryl methyl sites for hydroxylation is 2. The van der Waals surface area contributed by atoms with E-state index in [1.807, 2.05) is 0 Å². The largest absolute Gasteiger partial charge is 0.477 e. The molecule has 0 fully saturated rings. The molecule has 2 aromatic rings. The molecule has 0 saturated carbocycles. The Morgan fingerprint density at radius 1 is 1.47 bits per heavy atom. The zero-order valence-electron chi connectivity index (χ0n) is 9.98. The number of hydrogen-bond donors (Lipinski definition) is 2. The number of carboxylic acid groups (broad SMARTS) is 1. The van der Waals surface area contributed by atoms with Crippen molar-refractivity contribution in [3.05, 3.63) is 23.0 Å². The summed E-state index contributed by atoms with van der Waals surface area (Å²) in [7, 11) is -2.41. The zero-order chi connectivity index (χ0) is 14.2. The van der Waals surface area contributed by atoms with Gasteiger partial charge in [0.25, 0.3) is 10.0 Å². The summed E-state index contributed by atoms with van der Waals surface area (Å²) >= 11 is 1.09. The Morgan fingerprint density at radius 3 is 2.63 bits per heavy atom. The topological polar surface area (TPSA) is 114 Å². The van der Waals surface area contributed by atoms with Crippen molar-refractivity contribution in [2.45, 2.75) is 11.8 Å². The first kappa shape index (κ1) is 13.5. The van der Waals surface area contributed by atoms with Gasteiger partial charge in [0.15, 0.2) is 0 Å². The highest BCUT2D eigenvalue weighted by molar-refractivity contribution is 7.93. The van der Waals surface area contributed by atoms with E-state index in [-0.39, 0.29) is 15.7 Å². The summed E-state index contributed by atoms with van der Waals surface area (Å²) in [5, 5.41) is 17.0. The predicted octanol–water partition coefficient (Wildman–Crippen LogP) is 0.684. The number of anilines is 1. The van der Waals surface area contributed by atoms with Gasteiger partial charge in [-0.1, -0.05) is 11.3 Å². The molecule has 0 bridgehead atoms. The third-order valence-electron chi connectivity index (χ3n) is 2.26. The lowest BCUT2D eigenvalue weighted by Crippen LogP contribution is -2.12. The van der Waals surface area contributed by atoms with Crippen molar-refractivity contribution in [2.24, 2.45) is 7.05 Å². The van der Waals surface area contributed by atoms with E-state index in [1.165, 1.54) is 17.8 Å². The monoisotopic (exact) mass is 302 g/mol. The van der Waals surface area contributed by atoms with E-state index in [0.717, 1.165) is 17.4 Å². The van der Waals surface area contributed by atoms with Gasteiger partial charge in [-0.05, 0) is 13.0 Å². The van der Waals surface area contributed by atoms with Gasteiger partial charge in [-0.3, -0.25) is 4.72 Å². The third kappa shape index (κ3) is 2.74. The van der Waals surface area contributed by atoms with Crippen molar-refractivity contribution in [1.82, 2.24) is 14.8 Å². The molecule has 2 N–H and O–H groups in total. The molecule has 19 heavy (non-hydrogen) atoms. The third-order valence-corrected chi connectivity index (χ3v) is 4.45. The summed E-state index contributed by atoms with van der Waals surface area (Å²) in [6.45, 7) is 1.69. The van der Waals surface area contributed by atoms with Crippen molar-refractivity contribution in [1.29, 1.82) is 0 Å². The number of hydrogen-bond acceptors (Lipinski definition) is 6. The summed E-state index contributed by atoms with van der Waals surface area (Å²) in [5.74, 6) is -1.20. The molecular formula is C9H10N4O4S2. The summed E-state index contributed by atoms with van der Waals surface area (Å²) < 4.78 is 27.5. The van der Waals surface area contributed by atoms with E-state index in [2.05, 4.69) is 14.9 Å². The van der Waals surface area contributed by atoms with E-state index < -0.39 is 16.0 Å². The minimum atomic E-state index is -3.86. The number of nitrogens with one attached hydrogen (secondary N) is 1. The number of rotatable bonds is 4. The lowest BCUT2D eigenvalue weighted by molar-refractivity contribution is 0.0686. The molecule has 0 amide bonds. The normalized spacial score (nSPS) is 11.5. The molecule has 0 aliphatic rings. The summed E-state index contributed by atoms with van der Waals surface area (Å²) in [5.41, 5.74) is -0.117. The lowest BCUT2D eigenvalue weighted by atomic mass is 10.4. The van der Waals surface area contributed by atoms with Gasteiger partial charge in [-0.25, -0.2) is 13.2 Å². The molecule has 0 aliphatic heterocycles. The highest BCUT2D eigenvalue weighted by atomic mass is 32.2. The minimum Gasteiger partial charge on any atom is -0.477 e. The molecule has 10 heteroatoms. The number of sulfonamides is 1. The zero-order valence-corrected chi connectivity index (χ0v) is 11.6. The average Bonchev–Trinajstić information content (AvgIpc) is 2.84. The highest BCUT2D eigenvalue weighted by Crippen LogP contribution is 2.20. The van der Waals surface area contributed by atoms with Crippen molar-refractivity contribution in [3.63, 3.8) is 0 Å². The van der Waals surface area contributed by atoms with Gasteiger partial charge >= 0.3 is 5.97 Å². The van der Waals surface area contributed by atoms with Crippen LogP contribution in [-0.4, -0.2) is 34.3 Å². The van der Waals surface area contributed by atoms with Gasteiger partial charge in [0.2, 0.25) is 5.13 Å². The maximum absolute atomic E-state index is 12.0. The molecule has 2 heterocycles. The van der Waals surface area contributed by atoms with Gasteiger partial charge in [-0.2, -0.15) is 0 Å². The SMILES string of the molecule is Cc1nnc(NS(=O)(=O)c2cc(C(=O)O)n(C)c2)s1. The molecule has 0 aromatic carbocycles. The van der Waals surface area contributed by atoms with Crippen molar-refractivity contribution in [2.75, 3.05) is 4.72 Å². The van der Waals surface area contributed by atoms with E-state index in [0.29, 0.717) is 5.01 Å². The van der Waals surface area contributed by atoms with Gasteiger partial charge in [0, 0.05) is 13.2 Å². The number of carbonyl (C=O) groups is 1. The summed E-state index contributed by atoms with van der Waals surface area (Å²) in [6, 6.07) is 1.08. The number of aromatic carboxylic acids is 1. The van der Waals surface area contributed by atoms with Gasteiger partial charge in [0.05, 0.1) is 0 Å². The Morgan fingerprint density at radius 2 is 2.16 bits per heavy atom. The molecular weight excluding hydrogens is 292 g/mol. The fraction of sp³-hybridized carbons (Fsp3) is 0.222. The molecule has 0 atom stereocenters. The molecule has 0 unspecified atom stereocenters. The lowest BCUT2D eigenvalue weighted by Gasteiger charge is -2.00. The Balaban J connectivity index is 2.34. The van der Waals surface area contributed by atoms with Gasteiger partial charge in [-0.15, -0.1) is 10.2 Å². The quantitative estimate of drug-likeness (QED) is 0.858. The second kappa shape index (κ2) is 4.63. The van der Waals surface area contributed by atoms with E-state index in [4.69, 9.17) is 5.11 Å². The van der Waals surface area contributed by atoms with Crippen LogP contribution in [0.2, 0.25) is 0 Å². The Labute approximate surface area is 112 Å². The van der Waals surface area contributed by atoms with Crippen molar-refractivity contribution < 1.29 is 18.3 Å².